The standard InChI is InChI=1S/C19H26N4O2/c1-3-4-5-6-15-12-21-19(22-13(15)2)23-18(25)17(20)11-14-7-9-16(24)10-8-14/h7-10,12,17,24H,3-6,11,20H2,1-2H3,(H,21,22,23,25). The molecule has 0 aliphatic heterocycles. The molecule has 0 aliphatic carbocycles. The van der Waals surface area contributed by atoms with Gasteiger partial charge in [-0.2, -0.15) is 0 Å². The largest absolute Gasteiger partial charge is 0.508 e. The molecule has 0 spiro atoms. The van der Waals surface area contributed by atoms with Crippen molar-refractivity contribution in [3.63, 3.8) is 0 Å². The molecule has 6 nitrogen and oxygen atoms in total. The van der Waals surface area contributed by atoms with E-state index in [1.165, 1.54) is 12.8 Å². The van der Waals surface area contributed by atoms with Crippen molar-refractivity contribution in [3.8, 4) is 5.75 Å². The Bertz CT molecular complexity index is 701. The normalized spacial score (nSPS) is 12.0. The lowest BCUT2D eigenvalue weighted by molar-refractivity contribution is -0.117. The van der Waals surface area contributed by atoms with Gasteiger partial charge in [0.25, 0.3) is 0 Å². The van der Waals surface area contributed by atoms with Crippen molar-refractivity contribution >= 4 is 11.9 Å². The van der Waals surface area contributed by atoms with Gasteiger partial charge in [0, 0.05) is 11.9 Å². The molecule has 1 aromatic heterocycles. The first-order valence-electron chi connectivity index (χ1n) is 8.66. The first-order valence-corrected chi connectivity index (χ1v) is 8.66. The Labute approximate surface area is 148 Å². The molecule has 25 heavy (non-hydrogen) atoms. The van der Waals surface area contributed by atoms with Crippen LogP contribution in [0.5, 0.6) is 5.75 Å². The van der Waals surface area contributed by atoms with E-state index >= 15 is 0 Å². The monoisotopic (exact) mass is 342 g/mol. The number of rotatable bonds is 8. The van der Waals surface area contributed by atoms with E-state index in [0.717, 1.165) is 29.7 Å². The first kappa shape index (κ1) is 18.9. The van der Waals surface area contributed by atoms with Gasteiger partial charge in [-0.15, -0.1) is 0 Å². The maximum Gasteiger partial charge on any atom is 0.243 e. The zero-order chi connectivity index (χ0) is 18.2. The Kier molecular flexibility index (Phi) is 6.89. The Morgan fingerprint density at radius 2 is 2.00 bits per heavy atom. The highest BCUT2D eigenvalue weighted by Gasteiger charge is 2.16. The van der Waals surface area contributed by atoms with Gasteiger partial charge >= 0.3 is 0 Å². The van der Waals surface area contributed by atoms with E-state index in [9.17, 15) is 9.90 Å². The molecule has 134 valence electrons. The minimum Gasteiger partial charge on any atom is -0.508 e. The Balaban J connectivity index is 1.92. The van der Waals surface area contributed by atoms with Crippen LogP contribution in [0.2, 0.25) is 0 Å². The Morgan fingerprint density at radius 3 is 2.64 bits per heavy atom. The second-order valence-corrected chi connectivity index (χ2v) is 6.23. The number of nitrogens with zero attached hydrogens (tertiary/aromatic N) is 2. The topological polar surface area (TPSA) is 101 Å². The molecule has 0 fully saturated rings. The van der Waals surface area contributed by atoms with Crippen LogP contribution in [-0.4, -0.2) is 27.0 Å². The number of aromatic nitrogens is 2. The van der Waals surface area contributed by atoms with E-state index in [0.29, 0.717) is 6.42 Å². The van der Waals surface area contributed by atoms with Crippen molar-refractivity contribution in [2.75, 3.05) is 5.32 Å². The van der Waals surface area contributed by atoms with Gasteiger partial charge in [-0.05, 0) is 49.4 Å². The quantitative estimate of drug-likeness (QED) is 0.640. The predicted molar refractivity (Wildman–Crippen MR) is 98.4 cm³/mol. The van der Waals surface area contributed by atoms with E-state index in [4.69, 9.17) is 5.73 Å². The van der Waals surface area contributed by atoms with E-state index < -0.39 is 6.04 Å². The molecule has 1 unspecified atom stereocenters. The number of hydrogen-bond donors (Lipinski definition) is 3. The number of nitrogens with one attached hydrogen (secondary N) is 1. The van der Waals surface area contributed by atoms with Crippen LogP contribution in [0.25, 0.3) is 0 Å². The Morgan fingerprint density at radius 1 is 1.28 bits per heavy atom. The molecule has 0 aliphatic rings. The van der Waals surface area contributed by atoms with E-state index in [-0.39, 0.29) is 17.6 Å². The van der Waals surface area contributed by atoms with Crippen LogP contribution >= 0.6 is 0 Å². The van der Waals surface area contributed by atoms with Crippen molar-refractivity contribution in [3.05, 3.63) is 47.3 Å². The predicted octanol–water partition coefficient (Wildman–Crippen LogP) is 2.73. The van der Waals surface area contributed by atoms with Crippen molar-refractivity contribution in [1.29, 1.82) is 0 Å². The summed E-state index contributed by atoms with van der Waals surface area (Å²) in [6.07, 6.45) is 6.58. The molecule has 0 saturated heterocycles. The van der Waals surface area contributed by atoms with Crippen molar-refractivity contribution in [1.82, 2.24) is 9.97 Å². The number of carbonyl (C=O) groups excluding carboxylic acids is 1. The molecule has 0 bridgehead atoms. The van der Waals surface area contributed by atoms with Crippen LogP contribution in [-0.2, 0) is 17.6 Å². The number of anilines is 1. The van der Waals surface area contributed by atoms with E-state index in [1.807, 2.05) is 6.92 Å². The summed E-state index contributed by atoms with van der Waals surface area (Å²) in [5.41, 5.74) is 8.83. The fourth-order valence-electron chi connectivity index (χ4n) is 2.54. The van der Waals surface area contributed by atoms with Crippen molar-refractivity contribution in [2.24, 2.45) is 5.73 Å². The highest BCUT2D eigenvalue weighted by molar-refractivity contribution is 5.93. The van der Waals surface area contributed by atoms with Crippen molar-refractivity contribution < 1.29 is 9.90 Å². The summed E-state index contributed by atoms with van der Waals surface area (Å²) in [7, 11) is 0. The van der Waals surface area contributed by atoms with Crippen LogP contribution < -0.4 is 11.1 Å². The van der Waals surface area contributed by atoms with Crippen LogP contribution in [0, 0.1) is 6.92 Å². The zero-order valence-electron chi connectivity index (χ0n) is 14.8. The number of aromatic hydroxyl groups is 1. The van der Waals surface area contributed by atoms with Gasteiger partial charge in [0.05, 0.1) is 6.04 Å². The molecule has 1 heterocycles. The zero-order valence-corrected chi connectivity index (χ0v) is 14.8. The van der Waals surface area contributed by atoms with Crippen LogP contribution in [0.3, 0.4) is 0 Å². The smallest absolute Gasteiger partial charge is 0.243 e. The maximum atomic E-state index is 12.2. The molecule has 1 atom stereocenters. The second-order valence-electron chi connectivity index (χ2n) is 6.23. The lowest BCUT2D eigenvalue weighted by atomic mass is 10.1. The summed E-state index contributed by atoms with van der Waals surface area (Å²) in [5.74, 6) is 0.138. The van der Waals surface area contributed by atoms with Crippen molar-refractivity contribution in [2.45, 2.75) is 52.0 Å². The SMILES string of the molecule is CCCCCc1cnc(NC(=O)C(N)Cc2ccc(O)cc2)nc1C. The number of unbranched alkanes of at least 4 members (excludes halogenated alkanes) is 2. The number of amides is 1. The molecule has 1 amide bonds. The summed E-state index contributed by atoms with van der Waals surface area (Å²) in [4.78, 5) is 20.8. The maximum absolute atomic E-state index is 12.2. The minimum absolute atomic E-state index is 0.185. The molecular formula is C19H26N4O2. The van der Waals surface area contributed by atoms with Gasteiger partial charge in [0.2, 0.25) is 11.9 Å². The van der Waals surface area contributed by atoms with Gasteiger partial charge in [-0.3, -0.25) is 10.1 Å². The number of phenols is 1. The van der Waals surface area contributed by atoms with Gasteiger partial charge in [0.1, 0.15) is 5.75 Å². The summed E-state index contributed by atoms with van der Waals surface area (Å²) in [5, 5.41) is 12.0. The van der Waals surface area contributed by atoms with E-state index in [2.05, 4.69) is 22.2 Å². The lowest BCUT2D eigenvalue weighted by Crippen LogP contribution is -2.37. The molecule has 0 radical (unpaired) electrons. The van der Waals surface area contributed by atoms with Crippen LogP contribution in [0.15, 0.2) is 30.5 Å². The molecular weight excluding hydrogens is 316 g/mol. The Hall–Kier alpha value is -2.47. The molecule has 6 heteroatoms. The highest BCUT2D eigenvalue weighted by Crippen LogP contribution is 2.13. The highest BCUT2D eigenvalue weighted by atomic mass is 16.3. The lowest BCUT2D eigenvalue weighted by Gasteiger charge is -2.12. The van der Waals surface area contributed by atoms with Gasteiger partial charge in [-0.1, -0.05) is 31.9 Å². The third kappa shape index (κ3) is 5.83. The molecule has 2 aromatic rings. The number of carbonyl (C=O) groups is 1. The fourth-order valence-corrected chi connectivity index (χ4v) is 2.54. The van der Waals surface area contributed by atoms with Gasteiger partial charge < -0.3 is 10.8 Å². The minimum atomic E-state index is -0.710. The summed E-state index contributed by atoms with van der Waals surface area (Å²) in [6.45, 7) is 4.10. The number of phenolic OH excluding ortho intramolecular Hbond substituents is 1. The van der Waals surface area contributed by atoms with Crippen LogP contribution in [0.1, 0.15) is 43.0 Å². The molecule has 4 N–H and O–H groups in total. The third-order valence-electron chi connectivity index (χ3n) is 4.09. The number of benzene rings is 1. The first-order chi connectivity index (χ1) is 12.0. The second kappa shape index (κ2) is 9.13. The molecule has 1 aromatic carbocycles. The molecule has 0 saturated carbocycles. The van der Waals surface area contributed by atoms with Crippen LogP contribution in [0.4, 0.5) is 5.95 Å². The molecule has 2 rings (SSSR count). The average Bonchev–Trinajstić information content (AvgIpc) is 2.59. The average molecular weight is 342 g/mol. The van der Waals surface area contributed by atoms with E-state index in [1.54, 1.807) is 30.5 Å². The number of nitrogens with two attached hydrogens (primary N) is 1. The summed E-state index contributed by atoms with van der Waals surface area (Å²) in [6, 6.07) is 5.92. The fraction of sp³-hybridized carbons (Fsp3) is 0.421. The van der Waals surface area contributed by atoms with Gasteiger partial charge in [0.15, 0.2) is 0 Å². The number of hydrogen-bond acceptors (Lipinski definition) is 5. The summed E-state index contributed by atoms with van der Waals surface area (Å²) >= 11 is 0. The van der Waals surface area contributed by atoms with Gasteiger partial charge in [-0.25, -0.2) is 9.97 Å². The number of aryl methyl sites for hydroxylation is 2. The third-order valence-corrected chi connectivity index (χ3v) is 4.09. The summed E-state index contributed by atoms with van der Waals surface area (Å²) < 4.78 is 0.